The number of fused-ring (bicyclic) bond motifs is 1. The Labute approximate surface area is 121 Å². The number of imidazole rings is 1. The van der Waals surface area contributed by atoms with Gasteiger partial charge in [-0.25, -0.2) is 14.3 Å². The molecule has 9 heteroatoms. The van der Waals surface area contributed by atoms with E-state index in [1.165, 1.54) is 11.3 Å². The van der Waals surface area contributed by atoms with E-state index in [1.54, 1.807) is 14.9 Å². The molecule has 3 rings (SSSR count). The second-order valence-corrected chi connectivity index (χ2v) is 7.49. The summed E-state index contributed by atoms with van der Waals surface area (Å²) in [4.78, 5) is 4.83. The van der Waals surface area contributed by atoms with Crippen molar-refractivity contribution < 1.29 is 8.42 Å². The van der Waals surface area contributed by atoms with Crippen LogP contribution in [0.15, 0.2) is 16.6 Å². The maximum absolute atomic E-state index is 12.9. The van der Waals surface area contributed by atoms with E-state index in [9.17, 15) is 8.42 Å². The minimum absolute atomic E-state index is 0.120. The molecule has 2 aromatic rings. The van der Waals surface area contributed by atoms with Gasteiger partial charge in [0.05, 0.1) is 0 Å². The van der Waals surface area contributed by atoms with E-state index >= 15 is 0 Å². The van der Waals surface area contributed by atoms with Gasteiger partial charge < -0.3 is 5.43 Å². The Hall–Kier alpha value is -1.16. The average Bonchev–Trinajstić information content (AvgIpc) is 3.02. The highest BCUT2D eigenvalue weighted by Gasteiger charge is 2.40. The van der Waals surface area contributed by atoms with Crippen LogP contribution in [0.5, 0.6) is 0 Å². The zero-order valence-electron chi connectivity index (χ0n) is 11.1. The second kappa shape index (κ2) is 4.99. The number of anilines is 1. The van der Waals surface area contributed by atoms with Crippen molar-refractivity contribution in [3.8, 4) is 0 Å². The summed E-state index contributed by atoms with van der Waals surface area (Å²) in [6.45, 7) is 2.50. The van der Waals surface area contributed by atoms with Gasteiger partial charge in [-0.15, -0.1) is 11.3 Å². The van der Waals surface area contributed by atoms with Gasteiger partial charge in [-0.3, -0.25) is 4.40 Å². The lowest BCUT2D eigenvalue weighted by Crippen LogP contribution is -2.35. The smallest absolute Gasteiger partial charge is 0.263 e. The number of aromatic nitrogens is 2. The highest BCUT2D eigenvalue weighted by atomic mass is 32.2. The van der Waals surface area contributed by atoms with Crippen LogP contribution in [-0.4, -0.2) is 34.7 Å². The van der Waals surface area contributed by atoms with Gasteiger partial charge in [-0.1, -0.05) is 6.92 Å². The molecule has 0 saturated heterocycles. The number of nitrogens with two attached hydrogens (primary N) is 1. The third-order valence-electron chi connectivity index (χ3n) is 3.31. The standard InChI is InChI=1S/C11H17N5O2S2/c1-2-5-16(8-3-4-8)20(17,18)10-9(14-12)13-11-15(10)6-7-19-11/h6-8,14H,2-5,12H2,1H3. The molecule has 0 bridgehead atoms. The van der Waals surface area contributed by atoms with E-state index in [2.05, 4.69) is 10.4 Å². The lowest BCUT2D eigenvalue weighted by molar-refractivity contribution is 0.401. The molecular formula is C11H17N5O2S2. The molecule has 2 heterocycles. The number of nitrogen functional groups attached to an aromatic ring is 1. The van der Waals surface area contributed by atoms with Crippen LogP contribution < -0.4 is 11.3 Å². The largest absolute Gasteiger partial charge is 0.306 e. The van der Waals surface area contributed by atoms with Crippen LogP contribution >= 0.6 is 11.3 Å². The molecule has 0 atom stereocenters. The van der Waals surface area contributed by atoms with Crippen LogP contribution in [0.3, 0.4) is 0 Å². The van der Waals surface area contributed by atoms with Gasteiger partial charge in [0, 0.05) is 24.2 Å². The highest BCUT2D eigenvalue weighted by molar-refractivity contribution is 7.89. The minimum Gasteiger partial charge on any atom is -0.306 e. The summed E-state index contributed by atoms with van der Waals surface area (Å²) in [5.41, 5.74) is 2.40. The molecule has 0 aliphatic heterocycles. The number of hydrogen-bond acceptors (Lipinski definition) is 6. The van der Waals surface area contributed by atoms with E-state index < -0.39 is 10.0 Å². The predicted octanol–water partition coefficient (Wildman–Crippen LogP) is 1.24. The Kier molecular flexibility index (Phi) is 3.44. The third kappa shape index (κ3) is 2.10. The summed E-state index contributed by atoms with van der Waals surface area (Å²) < 4.78 is 29.0. The van der Waals surface area contributed by atoms with Gasteiger partial charge in [0.2, 0.25) is 5.03 Å². The zero-order chi connectivity index (χ0) is 14.3. The fourth-order valence-corrected chi connectivity index (χ4v) is 5.06. The first kappa shape index (κ1) is 13.8. The summed E-state index contributed by atoms with van der Waals surface area (Å²) in [5.74, 6) is 5.64. The van der Waals surface area contributed by atoms with Gasteiger partial charge in [-0.2, -0.15) is 9.29 Å². The molecule has 3 N–H and O–H groups in total. The predicted molar refractivity (Wildman–Crippen MR) is 78.1 cm³/mol. The Morgan fingerprint density at radius 2 is 2.35 bits per heavy atom. The van der Waals surface area contributed by atoms with Crippen molar-refractivity contribution in [2.45, 2.75) is 37.3 Å². The topological polar surface area (TPSA) is 92.7 Å². The van der Waals surface area contributed by atoms with Gasteiger partial charge in [-0.05, 0) is 19.3 Å². The van der Waals surface area contributed by atoms with E-state index in [-0.39, 0.29) is 16.9 Å². The van der Waals surface area contributed by atoms with Crippen LogP contribution in [0.25, 0.3) is 4.96 Å². The molecule has 0 unspecified atom stereocenters. The molecule has 7 nitrogen and oxygen atoms in total. The number of nitrogens with one attached hydrogen (secondary N) is 1. The van der Waals surface area contributed by atoms with Crippen molar-refractivity contribution in [1.29, 1.82) is 0 Å². The van der Waals surface area contributed by atoms with E-state index in [1.807, 2.05) is 12.3 Å². The monoisotopic (exact) mass is 315 g/mol. The summed E-state index contributed by atoms with van der Waals surface area (Å²) in [5, 5.41) is 1.94. The van der Waals surface area contributed by atoms with Crippen molar-refractivity contribution in [2.75, 3.05) is 12.0 Å². The molecule has 1 fully saturated rings. The Balaban J connectivity index is 2.13. The summed E-state index contributed by atoms with van der Waals surface area (Å²) in [6.07, 6.45) is 4.34. The van der Waals surface area contributed by atoms with Crippen molar-refractivity contribution in [3.05, 3.63) is 11.6 Å². The molecule has 1 aliphatic carbocycles. The number of hydrazine groups is 1. The zero-order valence-corrected chi connectivity index (χ0v) is 12.7. The molecule has 110 valence electrons. The molecule has 20 heavy (non-hydrogen) atoms. The Morgan fingerprint density at radius 1 is 1.60 bits per heavy atom. The quantitative estimate of drug-likeness (QED) is 0.618. The first-order valence-corrected chi connectivity index (χ1v) is 8.85. The van der Waals surface area contributed by atoms with Crippen molar-refractivity contribution in [3.63, 3.8) is 0 Å². The molecule has 0 aromatic carbocycles. The molecule has 0 spiro atoms. The Morgan fingerprint density at radius 3 is 2.95 bits per heavy atom. The van der Waals surface area contributed by atoms with Crippen LogP contribution in [0, 0.1) is 0 Å². The fourth-order valence-electron chi connectivity index (χ4n) is 2.30. The van der Waals surface area contributed by atoms with E-state index in [0.29, 0.717) is 11.5 Å². The van der Waals surface area contributed by atoms with E-state index in [0.717, 1.165) is 19.3 Å². The minimum atomic E-state index is -3.60. The molecule has 1 saturated carbocycles. The van der Waals surface area contributed by atoms with E-state index in [4.69, 9.17) is 5.84 Å². The summed E-state index contributed by atoms with van der Waals surface area (Å²) in [7, 11) is -3.60. The number of nitrogens with zero attached hydrogens (tertiary/aromatic N) is 3. The van der Waals surface area contributed by atoms with Gasteiger partial charge >= 0.3 is 0 Å². The Bertz CT molecular complexity index is 716. The van der Waals surface area contributed by atoms with Crippen LogP contribution in [-0.2, 0) is 10.0 Å². The first-order valence-electron chi connectivity index (χ1n) is 6.53. The second-order valence-electron chi connectivity index (χ2n) is 4.81. The summed E-state index contributed by atoms with van der Waals surface area (Å²) >= 11 is 1.38. The van der Waals surface area contributed by atoms with Crippen LogP contribution in [0.4, 0.5) is 5.82 Å². The van der Waals surface area contributed by atoms with Gasteiger partial charge in [0.1, 0.15) is 0 Å². The average molecular weight is 315 g/mol. The number of sulfonamides is 1. The lowest BCUT2D eigenvalue weighted by Gasteiger charge is -2.21. The third-order valence-corrected chi connectivity index (χ3v) is 6.04. The van der Waals surface area contributed by atoms with Gasteiger partial charge in [0.25, 0.3) is 10.0 Å². The number of rotatable bonds is 6. The fraction of sp³-hybridized carbons (Fsp3) is 0.545. The molecular weight excluding hydrogens is 298 g/mol. The maximum Gasteiger partial charge on any atom is 0.263 e. The normalized spacial score (nSPS) is 16.1. The van der Waals surface area contributed by atoms with Crippen LogP contribution in [0.1, 0.15) is 26.2 Å². The molecule has 0 amide bonds. The molecule has 0 radical (unpaired) electrons. The number of hydrogen-bond donors (Lipinski definition) is 2. The summed E-state index contributed by atoms with van der Waals surface area (Å²) in [6, 6.07) is 0.120. The molecule has 1 aliphatic rings. The van der Waals surface area contributed by atoms with Crippen molar-refractivity contribution >= 4 is 32.1 Å². The van der Waals surface area contributed by atoms with Crippen molar-refractivity contribution in [1.82, 2.24) is 13.7 Å². The SMILES string of the molecule is CCCN(C1CC1)S(=O)(=O)c1c(NN)nc2sccn12. The molecule has 2 aromatic heterocycles. The maximum atomic E-state index is 12.9. The highest BCUT2D eigenvalue weighted by Crippen LogP contribution is 2.35. The number of thiazole rings is 1. The van der Waals surface area contributed by atoms with Gasteiger partial charge in [0.15, 0.2) is 10.8 Å². The van der Waals surface area contributed by atoms with Crippen LogP contribution in [0.2, 0.25) is 0 Å². The first-order chi connectivity index (χ1) is 9.59. The lowest BCUT2D eigenvalue weighted by atomic mass is 10.5. The van der Waals surface area contributed by atoms with Crippen molar-refractivity contribution in [2.24, 2.45) is 5.84 Å².